The van der Waals surface area contributed by atoms with Crippen LogP contribution in [0.4, 0.5) is 0 Å². The maximum atomic E-state index is 11.8. The molecule has 31 heavy (non-hydrogen) atoms. The lowest BCUT2D eigenvalue weighted by atomic mass is 10.1. The molecule has 0 saturated carbocycles. The second-order valence-electron chi connectivity index (χ2n) is 7.92. The van der Waals surface area contributed by atoms with Gasteiger partial charge < -0.3 is 20.2 Å². The molecule has 1 heterocycles. The van der Waals surface area contributed by atoms with E-state index in [0.29, 0.717) is 50.6 Å². The second kappa shape index (κ2) is 14.5. The Balaban J connectivity index is 1.94. The molecular weight excluding hydrogens is 406 g/mol. The molecule has 4 amide bonds. The number of nitrogens with one attached hydrogen (secondary N) is 2. The van der Waals surface area contributed by atoms with E-state index in [4.69, 9.17) is 9.57 Å². The number of hydroxylamine groups is 2. The Hall–Kier alpha value is -2.49. The summed E-state index contributed by atoms with van der Waals surface area (Å²) in [7, 11) is 0. The highest BCUT2D eigenvalue weighted by Gasteiger charge is 2.38. The van der Waals surface area contributed by atoms with Crippen LogP contribution in [0.25, 0.3) is 0 Å². The molecule has 2 N–H and O–H groups in total. The first-order chi connectivity index (χ1) is 14.7. The zero-order valence-corrected chi connectivity index (χ0v) is 18.7. The maximum absolute atomic E-state index is 11.8. The summed E-state index contributed by atoms with van der Waals surface area (Å²) in [5, 5.41) is 6.08. The Kier molecular flexibility index (Phi) is 12.4. The molecule has 0 aromatic heterocycles. The fourth-order valence-electron chi connectivity index (χ4n) is 2.81. The first kappa shape index (κ1) is 26.5. The Labute approximate surface area is 183 Å². The summed E-state index contributed by atoms with van der Waals surface area (Å²) in [6.45, 7) is 6.90. The Morgan fingerprint density at radius 1 is 1.00 bits per heavy atom. The molecule has 1 unspecified atom stereocenters. The minimum Gasteiger partial charge on any atom is -0.378 e. The van der Waals surface area contributed by atoms with Gasteiger partial charge in [-0.05, 0) is 12.8 Å². The second-order valence-corrected chi connectivity index (χ2v) is 7.92. The van der Waals surface area contributed by atoms with Crippen LogP contribution >= 0.6 is 0 Å². The molecule has 1 rings (SSSR count). The van der Waals surface area contributed by atoms with Crippen LogP contribution in [0.3, 0.4) is 0 Å². The number of carbonyl (C=O) groups excluding carboxylic acids is 5. The number of carbonyl (C=O) groups is 5. The fourth-order valence-corrected chi connectivity index (χ4v) is 2.81. The van der Waals surface area contributed by atoms with Crippen LogP contribution in [-0.2, 0) is 33.5 Å². The summed E-state index contributed by atoms with van der Waals surface area (Å²) in [6.07, 6.45) is 3.36. The van der Waals surface area contributed by atoms with Gasteiger partial charge in [0.05, 0.1) is 13.2 Å². The Bertz CT molecular complexity index is 636. The van der Waals surface area contributed by atoms with Crippen molar-refractivity contribution in [3.8, 4) is 0 Å². The number of ether oxygens (including phenoxy) is 1. The molecule has 0 spiro atoms. The van der Waals surface area contributed by atoms with Crippen LogP contribution in [0, 0.1) is 11.8 Å². The molecule has 0 bridgehead atoms. The predicted octanol–water partition coefficient (Wildman–Crippen LogP) is 1.09. The molecule has 1 aliphatic rings. The minimum absolute atomic E-state index is 0.0137. The molecule has 0 radical (unpaired) electrons. The summed E-state index contributed by atoms with van der Waals surface area (Å²) in [5.74, 6) is -2.14. The third-order valence-corrected chi connectivity index (χ3v) is 4.70. The van der Waals surface area contributed by atoms with Gasteiger partial charge in [-0.25, -0.2) is 4.79 Å². The van der Waals surface area contributed by atoms with Crippen molar-refractivity contribution < 1.29 is 33.5 Å². The zero-order chi connectivity index (χ0) is 23.2. The summed E-state index contributed by atoms with van der Waals surface area (Å²) in [5.41, 5.74) is 0. The van der Waals surface area contributed by atoms with Crippen LogP contribution in [0.5, 0.6) is 0 Å². The van der Waals surface area contributed by atoms with Gasteiger partial charge in [0.25, 0.3) is 11.8 Å². The van der Waals surface area contributed by atoms with Crippen LogP contribution in [0.2, 0.25) is 0 Å². The van der Waals surface area contributed by atoms with Crippen molar-refractivity contribution >= 4 is 29.6 Å². The average Bonchev–Trinajstić information content (AvgIpc) is 2.95. The van der Waals surface area contributed by atoms with E-state index in [1.165, 1.54) is 0 Å². The minimum atomic E-state index is -0.600. The van der Waals surface area contributed by atoms with E-state index in [1.54, 1.807) is 6.92 Å². The van der Waals surface area contributed by atoms with Crippen molar-refractivity contribution in [3.05, 3.63) is 0 Å². The van der Waals surface area contributed by atoms with Gasteiger partial charge in [-0.2, -0.15) is 0 Å². The van der Waals surface area contributed by atoms with E-state index in [1.807, 2.05) is 13.8 Å². The number of nitrogens with zero attached hydrogens (tertiary/aromatic N) is 1. The van der Waals surface area contributed by atoms with E-state index >= 15 is 0 Å². The monoisotopic (exact) mass is 441 g/mol. The van der Waals surface area contributed by atoms with Crippen LogP contribution in [0.1, 0.15) is 65.7 Å². The smallest absolute Gasteiger partial charge is 0.333 e. The van der Waals surface area contributed by atoms with Gasteiger partial charge in [-0.3, -0.25) is 19.2 Å². The van der Waals surface area contributed by atoms with E-state index in [9.17, 15) is 24.0 Å². The number of rotatable bonds is 15. The predicted molar refractivity (Wildman–Crippen MR) is 111 cm³/mol. The molecule has 1 saturated heterocycles. The molecular formula is C21H35N3O7. The number of hydrogen-bond donors (Lipinski definition) is 2. The Morgan fingerprint density at radius 3 is 2.19 bits per heavy atom. The van der Waals surface area contributed by atoms with E-state index < -0.39 is 23.7 Å². The summed E-state index contributed by atoms with van der Waals surface area (Å²) < 4.78 is 5.34. The van der Waals surface area contributed by atoms with Crippen molar-refractivity contribution in [1.29, 1.82) is 0 Å². The topological polar surface area (TPSA) is 131 Å². The molecule has 1 aliphatic heterocycles. The Morgan fingerprint density at radius 2 is 1.61 bits per heavy atom. The van der Waals surface area contributed by atoms with Crippen LogP contribution in [0.15, 0.2) is 0 Å². The zero-order valence-electron chi connectivity index (χ0n) is 18.7. The molecule has 1 atom stereocenters. The normalized spacial score (nSPS) is 16.0. The molecule has 0 aromatic rings. The summed E-state index contributed by atoms with van der Waals surface area (Å²) in [6, 6.07) is 0. The molecule has 0 aromatic carbocycles. The summed E-state index contributed by atoms with van der Waals surface area (Å²) in [4.78, 5) is 63.0. The number of hydrogen-bond acceptors (Lipinski definition) is 7. The number of unbranched alkanes of at least 4 members (excludes halogenated alkanes) is 3. The third-order valence-electron chi connectivity index (χ3n) is 4.70. The molecule has 0 aliphatic carbocycles. The lowest BCUT2D eigenvalue weighted by molar-refractivity contribution is -0.198. The van der Waals surface area contributed by atoms with Gasteiger partial charge in [0.2, 0.25) is 11.8 Å². The van der Waals surface area contributed by atoms with Crippen molar-refractivity contribution in [2.45, 2.75) is 65.7 Å². The quantitative estimate of drug-likeness (QED) is 0.287. The number of amides is 4. The van der Waals surface area contributed by atoms with Gasteiger partial charge in [-0.1, -0.05) is 33.6 Å². The van der Waals surface area contributed by atoms with Crippen molar-refractivity contribution in [2.24, 2.45) is 11.8 Å². The van der Waals surface area contributed by atoms with E-state index in [0.717, 1.165) is 12.8 Å². The van der Waals surface area contributed by atoms with Crippen molar-refractivity contribution in [1.82, 2.24) is 15.7 Å². The van der Waals surface area contributed by atoms with E-state index in [2.05, 4.69) is 10.6 Å². The van der Waals surface area contributed by atoms with Crippen molar-refractivity contribution in [2.75, 3.05) is 26.3 Å². The molecule has 176 valence electrons. The summed E-state index contributed by atoms with van der Waals surface area (Å²) >= 11 is 0. The number of imide groups is 1. The largest absolute Gasteiger partial charge is 0.378 e. The average molecular weight is 442 g/mol. The van der Waals surface area contributed by atoms with Gasteiger partial charge >= 0.3 is 5.97 Å². The van der Waals surface area contributed by atoms with Crippen LogP contribution < -0.4 is 10.6 Å². The molecule has 10 nitrogen and oxygen atoms in total. The highest BCUT2D eigenvalue weighted by molar-refractivity contribution is 6.02. The SMILES string of the molecule is CC(C)C(=O)NCCOCCNC(=O)CCCCCCC(=O)ON1C(=O)CC(C)C1=O. The van der Waals surface area contributed by atoms with Crippen molar-refractivity contribution in [3.63, 3.8) is 0 Å². The lowest BCUT2D eigenvalue weighted by Gasteiger charge is -2.13. The van der Waals surface area contributed by atoms with Gasteiger partial charge in [0.15, 0.2) is 0 Å². The maximum Gasteiger partial charge on any atom is 0.333 e. The third kappa shape index (κ3) is 10.9. The lowest BCUT2D eigenvalue weighted by Crippen LogP contribution is -2.33. The van der Waals surface area contributed by atoms with Crippen LogP contribution in [-0.4, -0.2) is 61.0 Å². The highest BCUT2D eigenvalue weighted by atomic mass is 16.7. The van der Waals surface area contributed by atoms with Gasteiger partial charge in [0.1, 0.15) is 0 Å². The first-order valence-electron chi connectivity index (χ1n) is 10.9. The fraction of sp³-hybridized carbons (Fsp3) is 0.762. The van der Waals surface area contributed by atoms with E-state index in [-0.39, 0.29) is 30.6 Å². The molecule has 10 heteroatoms. The van der Waals surface area contributed by atoms with Gasteiger partial charge in [0, 0.05) is 44.2 Å². The standard InChI is InChI=1S/C21H35N3O7/c1-15(2)20(28)23-11-13-30-12-10-22-17(25)8-6-4-5-7-9-19(27)31-24-18(26)14-16(3)21(24)29/h15-16H,4-14H2,1-3H3,(H,22,25)(H,23,28). The highest BCUT2D eigenvalue weighted by Crippen LogP contribution is 2.19. The molecule has 1 fully saturated rings. The first-order valence-corrected chi connectivity index (χ1v) is 10.9. The van der Waals surface area contributed by atoms with Gasteiger partial charge in [-0.15, -0.1) is 5.06 Å².